The molecule has 0 fully saturated rings. The number of anilines is 1. The van der Waals surface area contributed by atoms with Crippen LogP contribution in [0.3, 0.4) is 0 Å². The topological polar surface area (TPSA) is 64.7 Å². The Morgan fingerprint density at radius 1 is 1.25 bits per heavy atom. The molecule has 5 heteroatoms. The van der Waals surface area contributed by atoms with E-state index in [1.165, 1.54) is 0 Å². The van der Waals surface area contributed by atoms with Crippen molar-refractivity contribution in [2.24, 2.45) is 0 Å². The van der Waals surface area contributed by atoms with Gasteiger partial charge >= 0.3 is 0 Å². The van der Waals surface area contributed by atoms with Crippen molar-refractivity contribution in [3.63, 3.8) is 0 Å². The Balaban J connectivity index is 2.86. The van der Waals surface area contributed by atoms with Crippen molar-refractivity contribution in [3.8, 4) is 0 Å². The SMILES string of the molecule is Nc1nnc2c(Cl)cccc2n1. The molecule has 0 aliphatic rings. The molecule has 0 aliphatic heterocycles. The lowest BCUT2D eigenvalue weighted by molar-refractivity contribution is 1.04. The van der Waals surface area contributed by atoms with E-state index in [-0.39, 0.29) is 5.95 Å². The molecule has 0 bridgehead atoms. The molecule has 4 nitrogen and oxygen atoms in total. The number of nitrogens with zero attached hydrogens (tertiary/aromatic N) is 3. The standard InChI is InChI=1S/C7H5ClN4/c8-4-2-1-3-5-6(4)11-12-7(9)10-5/h1-3H,(H2,9,10,12). The Bertz CT molecular complexity index is 429. The van der Waals surface area contributed by atoms with E-state index in [1.54, 1.807) is 18.2 Å². The Kier molecular flexibility index (Phi) is 1.55. The Morgan fingerprint density at radius 3 is 2.92 bits per heavy atom. The molecule has 0 atom stereocenters. The third-order valence-electron chi connectivity index (χ3n) is 1.45. The molecule has 0 radical (unpaired) electrons. The maximum Gasteiger partial charge on any atom is 0.240 e. The van der Waals surface area contributed by atoms with E-state index in [0.717, 1.165) is 0 Å². The minimum Gasteiger partial charge on any atom is -0.366 e. The molecule has 0 spiro atoms. The van der Waals surface area contributed by atoms with Crippen LogP contribution in [0.15, 0.2) is 18.2 Å². The summed E-state index contributed by atoms with van der Waals surface area (Å²) >= 11 is 5.83. The molecule has 60 valence electrons. The van der Waals surface area contributed by atoms with Crippen molar-refractivity contribution in [1.29, 1.82) is 0 Å². The van der Waals surface area contributed by atoms with Crippen LogP contribution in [-0.2, 0) is 0 Å². The van der Waals surface area contributed by atoms with Gasteiger partial charge in [0.15, 0.2) is 0 Å². The van der Waals surface area contributed by atoms with E-state index >= 15 is 0 Å². The van der Waals surface area contributed by atoms with E-state index < -0.39 is 0 Å². The number of fused-ring (bicyclic) bond motifs is 1. The summed E-state index contributed by atoms with van der Waals surface area (Å²) in [6.45, 7) is 0. The van der Waals surface area contributed by atoms with Crippen molar-refractivity contribution < 1.29 is 0 Å². The van der Waals surface area contributed by atoms with Gasteiger partial charge in [-0.2, -0.15) is 0 Å². The van der Waals surface area contributed by atoms with Crippen LogP contribution < -0.4 is 5.73 Å². The lowest BCUT2D eigenvalue weighted by atomic mass is 10.3. The summed E-state index contributed by atoms with van der Waals surface area (Å²) < 4.78 is 0. The zero-order valence-electron chi connectivity index (χ0n) is 6.03. The lowest BCUT2D eigenvalue weighted by Gasteiger charge is -1.96. The smallest absolute Gasteiger partial charge is 0.240 e. The largest absolute Gasteiger partial charge is 0.366 e. The molecule has 0 saturated heterocycles. The summed E-state index contributed by atoms with van der Waals surface area (Å²) in [5.74, 6) is 0.157. The Morgan fingerprint density at radius 2 is 2.08 bits per heavy atom. The number of hydrogen-bond acceptors (Lipinski definition) is 4. The summed E-state index contributed by atoms with van der Waals surface area (Å²) in [7, 11) is 0. The molecule has 0 saturated carbocycles. The van der Waals surface area contributed by atoms with Crippen molar-refractivity contribution >= 4 is 28.6 Å². The summed E-state index contributed by atoms with van der Waals surface area (Å²) in [6, 6.07) is 5.31. The van der Waals surface area contributed by atoms with Crippen LogP contribution in [0.4, 0.5) is 5.95 Å². The van der Waals surface area contributed by atoms with Crippen molar-refractivity contribution in [2.45, 2.75) is 0 Å². The van der Waals surface area contributed by atoms with Crippen LogP contribution >= 0.6 is 11.6 Å². The second kappa shape index (κ2) is 2.57. The number of halogens is 1. The molecule has 2 rings (SSSR count). The fourth-order valence-corrected chi connectivity index (χ4v) is 1.15. The predicted octanol–water partition coefficient (Wildman–Crippen LogP) is 1.26. The number of benzene rings is 1. The summed E-state index contributed by atoms with van der Waals surface area (Å²) in [6.07, 6.45) is 0. The zero-order chi connectivity index (χ0) is 8.55. The van der Waals surface area contributed by atoms with Gasteiger partial charge in [-0.3, -0.25) is 0 Å². The van der Waals surface area contributed by atoms with Gasteiger partial charge in [0.05, 0.1) is 10.5 Å². The van der Waals surface area contributed by atoms with Gasteiger partial charge < -0.3 is 5.73 Å². The van der Waals surface area contributed by atoms with E-state index in [2.05, 4.69) is 15.2 Å². The number of nitrogen functional groups attached to an aromatic ring is 1. The molecule has 2 N–H and O–H groups in total. The Hall–Kier alpha value is -1.42. The van der Waals surface area contributed by atoms with Gasteiger partial charge in [0, 0.05) is 0 Å². The van der Waals surface area contributed by atoms with Crippen LogP contribution in [0.1, 0.15) is 0 Å². The summed E-state index contributed by atoms with van der Waals surface area (Å²) in [4.78, 5) is 3.96. The van der Waals surface area contributed by atoms with Crippen molar-refractivity contribution in [1.82, 2.24) is 15.2 Å². The molecule has 12 heavy (non-hydrogen) atoms. The number of nitrogens with two attached hydrogens (primary N) is 1. The van der Waals surface area contributed by atoms with E-state index in [0.29, 0.717) is 16.1 Å². The molecule has 0 amide bonds. The molecule has 1 aromatic heterocycles. The van der Waals surface area contributed by atoms with Gasteiger partial charge in [-0.25, -0.2) is 4.98 Å². The van der Waals surface area contributed by atoms with Gasteiger partial charge in [-0.1, -0.05) is 17.7 Å². The quantitative estimate of drug-likeness (QED) is 0.663. The normalized spacial score (nSPS) is 10.4. The van der Waals surface area contributed by atoms with E-state index in [4.69, 9.17) is 17.3 Å². The monoisotopic (exact) mass is 180 g/mol. The molecule has 0 unspecified atom stereocenters. The molecule has 1 aromatic carbocycles. The fourth-order valence-electron chi connectivity index (χ4n) is 0.940. The molecule has 1 heterocycles. The second-order valence-electron chi connectivity index (χ2n) is 2.28. The third-order valence-corrected chi connectivity index (χ3v) is 1.76. The fraction of sp³-hybridized carbons (Fsp3) is 0. The van der Waals surface area contributed by atoms with E-state index in [1.807, 2.05) is 0 Å². The maximum atomic E-state index is 5.83. The molecule has 0 aliphatic carbocycles. The first kappa shape index (κ1) is 7.24. The van der Waals surface area contributed by atoms with Gasteiger partial charge in [-0.15, -0.1) is 10.2 Å². The Labute approximate surface area is 73.4 Å². The van der Waals surface area contributed by atoms with Gasteiger partial charge in [0.2, 0.25) is 5.95 Å². The highest BCUT2D eigenvalue weighted by Crippen LogP contribution is 2.18. The molecular formula is C7H5ClN4. The first-order chi connectivity index (χ1) is 5.77. The molecular weight excluding hydrogens is 176 g/mol. The number of aromatic nitrogens is 3. The first-order valence-corrected chi connectivity index (χ1v) is 3.69. The predicted molar refractivity (Wildman–Crippen MR) is 46.8 cm³/mol. The lowest BCUT2D eigenvalue weighted by Crippen LogP contribution is -1.97. The highest BCUT2D eigenvalue weighted by molar-refractivity contribution is 6.34. The van der Waals surface area contributed by atoms with Gasteiger partial charge in [0.25, 0.3) is 0 Å². The van der Waals surface area contributed by atoms with Crippen LogP contribution in [0.5, 0.6) is 0 Å². The average molecular weight is 181 g/mol. The van der Waals surface area contributed by atoms with Crippen LogP contribution in [0.2, 0.25) is 5.02 Å². The minimum absolute atomic E-state index is 0.157. The number of rotatable bonds is 0. The van der Waals surface area contributed by atoms with Gasteiger partial charge in [0.1, 0.15) is 5.52 Å². The molecule has 2 aromatic rings. The zero-order valence-corrected chi connectivity index (χ0v) is 6.78. The van der Waals surface area contributed by atoms with E-state index in [9.17, 15) is 0 Å². The van der Waals surface area contributed by atoms with Crippen LogP contribution in [0.25, 0.3) is 11.0 Å². The maximum absolute atomic E-state index is 5.83. The second-order valence-corrected chi connectivity index (χ2v) is 2.68. The summed E-state index contributed by atoms with van der Waals surface area (Å²) in [5, 5.41) is 7.95. The number of hydrogen-bond donors (Lipinski definition) is 1. The van der Waals surface area contributed by atoms with Crippen LogP contribution in [-0.4, -0.2) is 15.2 Å². The van der Waals surface area contributed by atoms with Gasteiger partial charge in [-0.05, 0) is 12.1 Å². The highest BCUT2D eigenvalue weighted by atomic mass is 35.5. The minimum atomic E-state index is 0.157. The average Bonchev–Trinajstić information content (AvgIpc) is 2.04. The summed E-state index contributed by atoms with van der Waals surface area (Å²) in [5.41, 5.74) is 6.59. The first-order valence-electron chi connectivity index (χ1n) is 3.32. The van der Waals surface area contributed by atoms with Crippen LogP contribution in [0, 0.1) is 0 Å². The third kappa shape index (κ3) is 1.06. The van der Waals surface area contributed by atoms with Crippen molar-refractivity contribution in [3.05, 3.63) is 23.2 Å². The highest BCUT2D eigenvalue weighted by Gasteiger charge is 2.01. The van der Waals surface area contributed by atoms with Crippen molar-refractivity contribution in [2.75, 3.05) is 5.73 Å².